The van der Waals surface area contributed by atoms with Crippen molar-refractivity contribution in [1.29, 1.82) is 0 Å². The van der Waals surface area contributed by atoms with Gasteiger partial charge in [0.2, 0.25) is 5.91 Å². The van der Waals surface area contributed by atoms with Crippen LogP contribution in [-0.2, 0) is 16.0 Å². The Bertz CT molecular complexity index is 573. The van der Waals surface area contributed by atoms with Crippen LogP contribution in [-0.4, -0.2) is 67.7 Å². The van der Waals surface area contributed by atoms with E-state index in [1.54, 1.807) is 4.90 Å². The van der Waals surface area contributed by atoms with Crippen LogP contribution in [0.4, 0.5) is 4.79 Å². The topological polar surface area (TPSA) is 61.9 Å². The van der Waals surface area contributed by atoms with Crippen molar-refractivity contribution in [2.45, 2.75) is 19.3 Å². The summed E-state index contributed by atoms with van der Waals surface area (Å²) >= 11 is 0. The van der Waals surface area contributed by atoms with Crippen LogP contribution in [0.5, 0.6) is 0 Å². The lowest BCUT2D eigenvalue weighted by Crippen LogP contribution is -2.51. The van der Waals surface area contributed by atoms with Crippen LogP contribution in [0, 0.1) is 5.92 Å². The number of ether oxygens (including phenoxy) is 1. The lowest BCUT2D eigenvalue weighted by atomic mass is 9.96. The van der Waals surface area contributed by atoms with E-state index in [1.165, 1.54) is 5.56 Å². The molecule has 25 heavy (non-hydrogen) atoms. The molecular weight excluding hydrogens is 318 g/mol. The molecule has 2 fully saturated rings. The average molecular weight is 345 g/mol. The number of urea groups is 1. The fourth-order valence-electron chi connectivity index (χ4n) is 3.48. The number of nitrogens with zero attached hydrogens (tertiary/aromatic N) is 2. The molecule has 0 aromatic heterocycles. The number of likely N-dealkylation sites (tertiary alicyclic amines) is 1. The second kappa shape index (κ2) is 8.85. The molecule has 0 bridgehead atoms. The van der Waals surface area contributed by atoms with Crippen LogP contribution in [0.1, 0.15) is 18.4 Å². The van der Waals surface area contributed by atoms with Crippen molar-refractivity contribution in [2.24, 2.45) is 5.92 Å². The Morgan fingerprint density at radius 3 is 2.60 bits per heavy atom. The molecular formula is C19H27N3O3. The van der Waals surface area contributed by atoms with Gasteiger partial charge in [-0.25, -0.2) is 4.79 Å². The summed E-state index contributed by atoms with van der Waals surface area (Å²) in [6.45, 7) is 4.42. The zero-order chi connectivity index (χ0) is 17.5. The van der Waals surface area contributed by atoms with Crippen molar-refractivity contribution in [3.8, 4) is 0 Å². The minimum absolute atomic E-state index is 0.0598. The number of carbonyl (C=O) groups is 2. The highest BCUT2D eigenvalue weighted by Crippen LogP contribution is 2.19. The Balaban J connectivity index is 1.45. The van der Waals surface area contributed by atoms with Gasteiger partial charge < -0.3 is 19.9 Å². The first-order chi connectivity index (χ1) is 12.2. The zero-order valence-corrected chi connectivity index (χ0v) is 14.7. The van der Waals surface area contributed by atoms with Crippen LogP contribution in [0.25, 0.3) is 0 Å². The third-order valence-corrected chi connectivity index (χ3v) is 4.91. The summed E-state index contributed by atoms with van der Waals surface area (Å²) in [5, 5.41) is 2.98. The first-order valence-electron chi connectivity index (χ1n) is 9.17. The second-order valence-corrected chi connectivity index (χ2v) is 6.69. The molecule has 136 valence electrons. The van der Waals surface area contributed by atoms with Crippen LogP contribution in [0.3, 0.4) is 0 Å². The number of carbonyl (C=O) groups excluding carboxylic acids is 2. The number of rotatable bonds is 4. The first-order valence-corrected chi connectivity index (χ1v) is 9.17. The number of hydrogen-bond acceptors (Lipinski definition) is 3. The largest absolute Gasteiger partial charge is 0.378 e. The molecule has 0 aliphatic carbocycles. The zero-order valence-electron chi connectivity index (χ0n) is 14.7. The average Bonchev–Trinajstić information content (AvgIpc) is 2.69. The number of hydrogen-bond donors (Lipinski definition) is 1. The molecule has 3 amide bonds. The van der Waals surface area contributed by atoms with E-state index >= 15 is 0 Å². The summed E-state index contributed by atoms with van der Waals surface area (Å²) < 4.78 is 5.31. The molecule has 6 nitrogen and oxygen atoms in total. The lowest BCUT2D eigenvalue weighted by Gasteiger charge is -2.36. The Morgan fingerprint density at radius 2 is 1.84 bits per heavy atom. The molecule has 0 saturated carbocycles. The maximum absolute atomic E-state index is 12.6. The van der Waals surface area contributed by atoms with Gasteiger partial charge in [0.1, 0.15) is 0 Å². The standard InChI is InChI=1S/C19H27N3O3/c23-18(21-11-13-25-14-12-21)17-7-4-10-22(15-17)19(24)20-9-8-16-5-2-1-3-6-16/h1-3,5-6,17H,4,7-15H2,(H,20,24)/t17-/m0/s1. The predicted molar refractivity (Wildman–Crippen MR) is 95.2 cm³/mol. The molecule has 6 heteroatoms. The smallest absolute Gasteiger partial charge is 0.317 e. The van der Waals surface area contributed by atoms with Crippen molar-refractivity contribution >= 4 is 11.9 Å². The van der Waals surface area contributed by atoms with Gasteiger partial charge in [-0.05, 0) is 24.8 Å². The van der Waals surface area contributed by atoms with Gasteiger partial charge in [0.25, 0.3) is 0 Å². The van der Waals surface area contributed by atoms with Crippen molar-refractivity contribution in [1.82, 2.24) is 15.1 Å². The predicted octanol–water partition coefficient (Wildman–Crippen LogP) is 1.51. The Hall–Kier alpha value is -2.08. The highest BCUT2D eigenvalue weighted by molar-refractivity contribution is 5.81. The monoisotopic (exact) mass is 345 g/mol. The normalized spacial score (nSPS) is 21.0. The minimum atomic E-state index is -0.0771. The molecule has 3 rings (SSSR count). The van der Waals surface area contributed by atoms with Gasteiger partial charge in [0.15, 0.2) is 0 Å². The number of benzene rings is 1. The van der Waals surface area contributed by atoms with E-state index in [1.807, 2.05) is 23.1 Å². The SMILES string of the molecule is O=C(NCCc1ccccc1)N1CCC[C@H](C(=O)N2CCOCC2)C1. The summed E-state index contributed by atoms with van der Waals surface area (Å²) in [7, 11) is 0. The molecule has 2 aliphatic heterocycles. The Kier molecular flexibility index (Phi) is 6.28. The van der Waals surface area contributed by atoms with Gasteiger partial charge in [-0.3, -0.25) is 4.79 Å². The van der Waals surface area contributed by atoms with Crippen LogP contribution in [0.15, 0.2) is 30.3 Å². The fraction of sp³-hybridized carbons (Fsp3) is 0.579. The van der Waals surface area contributed by atoms with Crippen LogP contribution < -0.4 is 5.32 Å². The minimum Gasteiger partial charge on any atom is -0.378 e. The maximum Gasteiger partial charge on any atom is 0.317 e. The summed E-state index contributed by atoms with van der Waals surface area (Å²) in [6, 6.07) is 10.1. The third-order valence-electron chi connectivity index (χ3n) is 4.91. The number of piperidine rings is 1. The molecule has 2 heterocycles. The maximum atomic E-state index is 12.6. The van der Waals surface area contributed by atoms with Gasteiger partial charge in [0, 0.05) is 32.7 Å². The first kappa shape index (κ1) is 17.7. The molecule has 1 N–H and O–H groups in total. The molecule has 1 aromatic carbocycles. The van der Waals surface area contributed by atoms with E-state index in [4.69, 9.17) is 4.74 Å². The van der Waals surface area contributed by atoms with E-state index < -0.39 is 0 Å². The molecule has 1 aromatic rings. The quantitative estimate of drug-likeness (QED) is 0.900. The molecule has 1 atom stereocenters. The summed E-state index contributed by atoms with van der Waals surface area (Å²) in [4.78, 5) is 28.7. The van der Waals surface area contributed by atoms with E-state index in [0.717, 1.165) is 25.8 Å². The van der Waals surface area contributed by atoms with Gasteiger partial charge in [-0.2, -0.15) is 0 Å². The lowest BCUT2D eigenvalue weighted by molar-refractivity contribution is -0.141. The number of nitrogens with one attached hydrogen (secondary N) is 1. The summed E-state index contributed by atoms with van der Waals surface area (Å²) in [5.41, 5.74) is 1.21. The number of amides is 3. The van der Waals surface area contributed by atoms with Crippen LogP contribution in [0.2, 0.25) is 0 Å². The molecule has 0 unspecified atom stereocenters. The van der Waals surface area contributed by atoms with Crippen molar-refractivity contribution < 1.29 is 14.3 Å². The van der Waals surface area contributed by atoms with E-state index in [-0.39, 0.29) is 17.9 Å². The van der Waals surface area contributed by atoms with Crippen molar-refractivity contribution in [3.05, 3.63) is 35.9 Å². The summed E-state index contributed by atoms with van der Waals surface area (Å²) in [5.74, 6) is 0.0943. The Labute approximate surface area is 149 Å². The fourth-order valence-corrected chi connectivity index (χ4v) is 3.48. The molecule has 2 saturated heterocycles. The van der Waals surface area contributed by atoms with Gasteiger partial charge in [-0.1, -0.05) is 30.3 Å². The van der Waals surface area contributed by atoms with Gasteiger partial charge in [0.05, 0.1) is 19.1 Å². The highest BCUT2D eigenvalue weighted by atomic mass is 16.5. The molecule has 0 radical (unpaired) electrons. The highest BCUT2D eigenvalue weighted by Gasteiger charge is 2.31. The second-order valence-electron chi connectivity index (χ2n) is 6.69. The van der Waals surface area contributed by atoms with Crippen LogP contribution >= 0.6 is 0 Å². The van der Waals surface area contributed by atoms with Gasteiger partial charge >= 0.3 is 6.03 Å². The van der Waals surface area contributed by atoms with Crippen molar-refractivity contribution in [2.75, 3.05) is 45.9 Å². The Morgan fingerprint density at radius 1 is 1.08 bits per heavy atom. The van der Waals surface area contributed by atoms with Gasteiger partial charge in [-0.15, -0.1) is 0 Å². The van der Waals surface area contributed by atoms with Crippen molar-refractivity contribution in [3.63, 3.8) is 0 Å². The third kappa shape index (κ3) is 4.95. The summed E-state index contributed by atoms with van der Waals surface area (Å²) in [6.07, 6.45) is 2.56. The van der Waals surface area contributed by atoms with E-state index in [2.05, 4.69) is 17.4 Å². The van der Waals surface area contributed by atoms with E-state index in [9.17, 15) is 9.59 Å². The number of morpholine rings is 1. The molecule has 0 spiro atoms. The van der Waals surface area contributed by atoms with E-state index in [0.29, 0.717) is 39.4 Å². The molecule has 2 aliphatic rings.